The highest BCUT2D eigenvalue weighted by molar-refractivity contribution is 6.33. The highest BCUT2D eigenvalue weighted by Gasteiger charge is 2.13. The molecule has 2 aromatic rings. The summed E-state index contributed by atoms with van der Waals surface area (Å²) in [6.45, 7) is 1.01. The SMILES string of the molecule is O=C(CCNC(=O)c1ccccc1Cl)NCCc1ccc2c(c1)OCO2. The molecular formula is C19H19ClN2O4. The predicted molar refractivity (Wildman–Crippen MR) is 97.7 cm³/mol. The van der Waals surface area contributed by atoms with Crippen LogP contribution in [0.2, 0.25) is 5.02 Å². The van der Waals surface area contributed by atoms with Crippen LogP contribution in [0.3, 0.4) is 0 Å². The van der Waals surface area contributed by atoms with Crippen molar-refractivity contribution in [2.75, 3.05) is 19.9 Å². The van der Waals surface area contributed by atoms with E-state index in [2.05, 4.69) is 10.6 Å². The first-order valence-electron chi connectivity index (χ1n) is 8.31. The average molecular weight is 375 g/mol. The van der Waals surface area contributed by atoms with E-state index in [1.165, 1.54) is 0 Å². The Bertz CT molecular complexity index is 810. The van der Waals surface area contributed by atoms with Crippen LogP contribution < -0.4 is 20.1 Å². The summed E-state index contributed by atoms with van der Waals surface area (Å²) in [4.78, 5) is 23.9. The van der Waals surface area contributed by atoms with Crippen LogP contribution in [-0.4, -0.2) is 31.7 Å². The third-order valence-corrected chi connectivity index (χ3v) is 4.26. The van der Waals surface area contributed by atoms with E-state index in [1.54, 1.807) is 24.3 Å². The molecule has 1 aliphatic rings. The molecule has 0 unspecified atom stereocenters. The van der Waals surface area contributed by atoms with Crippen LogP contribution in [0.5, 0.6) is 11.5 Å². The van der Waals surface area contributed by atoms with Gasteiger partial charge in [0.05, 0.1) is 10.6 Å². The quantitative estimate of drug-likeness (QED) is 0.780. The van der Waals surface area contributed by atoms with Crippen molar-refractivity contribution in [1.82, 2.24) is 10.6 Å². The van der Waals surface area contributed by atoms with E-state index >= 15 is 0 Å². The van der Waals surface area contributed by atoms with Crippen molar-refractivity contribution in [3.8, 4) is 11.5 Å². The molecule has 0 aromatic heterocycles. The monoisotopic (exact) mass is 374 g/mol. The molecule has 2 N–H and O–H groups in total. The number of benzene rings is 2. The number of rotatable bonds is 7. The Kier molecular flexibility index (Phi) is 5.96. The largest absolute Gasteiger partial charge is 0.454 e. The Morgan fingerprint density at radius 2 is 1.81 bits per heavy atom. The summed E-state index contributed by atoms with van der Waals surface area (Å²) in [6, 6.07) is 12.5. The molecule has 7 heteroatoms. The summed E-state index contributed by atoms with van der Waals surface area (Å²) in [5.74, 6) is 1.07. The van der Waals surface area contributed by atoms with E-state index in [9.17, 15) is 9.59 Å². The number of hydrogen-bond acceptors (Lipinski definition) is 4. The molecule has 6 nitrogen and oxygen atoms in total. The number of fused-ring (bicyclic) bond motifs is 1. The molecule has 0 aliphatic carbocycles. The summed E-state index contributed by atoms with van der Waals surface area (Å²) in [5.41, 5.74) is 1.46. The van der Waals surface area contributed by atoms with Crippen LogP contribution in [0.25, 0.3) is 0 Å². The van der Waals surface area contributed by atoms with Gasteiger partial charge in [0.2, 0.25) is 12.7 Å². The third-order valence-electron chi connectivity index (χ3n) is 3.93. The van der Waals surface area contributed by atoms with Crippen LogP contribution >= 0.6 is 11.6 Å². The predicted octanol–water partition coefficient (Wildman–Crippen LogP) is 2.55. The highest BCUT2D eigenvalue weighted by atomic mass is 35.5. The Hall–Kier alpha value is -2.73. The number of carbonyl (C=O) groups excluding carboxylic acids is 2. The zero-order chi connectivity index (χ0) is 18.4. The Labute approximate surface area is 156 Å². The molecule has 0 saturated heterocycles. The number of amides is 2. The van der Waals surface area contributed by atoms with Gasteiger partial charge in [-0.2, -0.15) is 0 Å². The van der Waals surface area contributed by atoms with Gasteiger partial charge >= 0.3 is 0 Å². The van der Waals surface area contributed by atoms with E-state index in [0.29, 0.717) is 23.6 Å². The standard InChI is InChI=1S/C19H19ClN2O4/c20-15-4-2-1-3-14(15)19(24)22-10-8-18(23)21-9-7-13-5-6-16-17(11-13)26-12-25-16/h1-6,11H,7-10,12H2,(H,21,23)(H,22,24). The third kappa shape index (κ3) is 4.67. The van der Waals surface area contributed by atoms with Gasteiger partial charge in [-0.05, 0) is 36.2 Å². The van der Waals surface area contributed by atoms with Crippen molar-refractivity contribution >= 4 is 23.4 Å². The van der Waals surface area contributed by atoms with Crippen molar-refractivity contribution in [3.05, 3.63) is 58.6 Å². The Morgan fingerprint density at radius 3 is 2.65 bits per heavy atom. The van der Waals surface area contributed by atoms with Gasteiger partial charge in [0.15, 0.2) is 11.5 Å². The lowest BCUT2D eigenvalue weighted by Crippen LogP contribution is -2.31. The normalized spacial score (nSPS) is 11.9. The first-order chi connectivity index (χ1) is 12.6. The van der Waals surface area contributed by atoms with Gasteiger partial charge in [0.1, 0.15) is 0 Å². The summed E-state index contributed by atoms with van der Waals surface area (Å²) in [7, 11) is 0. The van der Waals surface area contributed by atoms with Crippen LogP contribution in [0.1, 0.15) is 22.3 Å². The molecule has 26 heavy (non-hydrogen) atoms. The zero-order valence-corrected chi connectivity index (χ0v) is 14.8. The van der Waals surface area contributed by atoms with Crippen molar-refractivity contribution in [3.63, 3.8) is 0 Å². The molecule has 2 aromatic carbocycles. The molecule has 0 radical (unpaired) electrons. The van der Waals surface area contributed by atoms with E-state index in [1.807, 2.05) is 18.2 Å². The molecule has 1 aliphatic heterocycles. The van der Waals surface area contributed by atoms with E-state index in [0.717, 1.165) is 17.1 Å². The lowest BCUT2D eigenvalue weighted by atomic mass is 10.1. The summed E-state index contributed by atoms with van der Waals surface area (Å²) in [6.07, 6.45) is 0.895. The molecular weight excluding hydrogens is 356 g/mol. The second-order valence-corrected chi connectivity index (χ2v) is 6.18. The summed E-state index contributed by atoms with van der Waals surface area (Å²) in [5, 5.41) is 5.91. The smallest absolute Gasteiger partial charge is 0.252 e. The molecule has 1 heterocycles. The van der Waals surface area contributed by atoms with Gasteiger partial charge in [-0.25, -0.2) is 0 Å². The molecule has 0 atom stereocenters. The van der Waals surface area contributed by atoms with Gasteiger partial charge in [0, 0.05) is 19.5 Å². The van der Waals surface area contributed by atoms with Crippen LogP contribution in [0, 0.1) is 0 Å². The zero-order valence-electron chi connectivity index (χ0n) is 14.1. The van der Waals surface area contributed by atoms with Gasteiger partial charge in [-0.3, -0.25) is 9.59 Å². The molecule has 0 bridgehead atoms. The summed E-state index contributed by atoms with van der Waals surface area (Å²) < 4.78 is 10.6. The van der Waals surface area contributed by atoms with Crippen LogP contribution in [0.15, 0.2) is 42.5 Å². The highest BCUT2D eigenvalue weighted by Crippen LogP contribution is 2.32. The number of ether oxygens (including phenoxy) is 2. The summed E-state index contributed by atoms with van der Waals surface area (Å²) >= 11 is 5.97. The van der Waals surface area contributed by atoms with Gasteiger partial charge in [0.25, 0.3) is 5.91 Å². The minimum atomic E-state index is -0.288. The minimum Gasteiger partial charge on any atom is -0.454 e. The second kappa shape index (κ2) is 8.58. The lowest BCUT2D eigenvalue weighted by molar-refractivity contribution is -0.120. The Balaban J connectivity index is 1.35. The number of nitrogens with one attached hydrogen (secondary N) is 2. The minimum absolute atomic E-state index is 0.120. The number of carbonyl (C=O) groups is 2. The fourth-order valence-corrected chi connectivity index (χ4v) is 2.78. The first-order valence-corrected chi connectivity index (χ1v) is 8.69. The van der Waals surface area contributed by atoms with Gasteiger partial charge in [-0.1, -0.05) is 29.8 Å². The average Bonchev–Trinajstić information content (AvgIpc) is 3.10. The van der Waals surface area contributed by atoms with Crippen molar-refractivity contribution < 1.29 is 19.1 Å². The maximum Gasteiger partial charge on any atom is 0.252 e. The molecule has 3 rings (SSSR count). The van der Waals surface area contributed by atoms with Crippen LogP contribution in [-0.2, 0) is 11.2 Å². The number of halogens is 1. The maximum absolute atomic E-state index is 12.0. The molecule has 136 valence electrons. The van der Waals surface area contributed by atoms with Gasteiger partial charge < -0.3 is 20.1 Å². The van der Waals surface area contributed by atoms with E-state index < -0.39 is 0 Å². The maximum atomic E-state index is 12.0. The fraction of sp³-hybridized carbons (Fsp3) is 0.263. The van der Waals surface area contributed by atoms with Gasteiger partial charge in [-0.15, -0.1) is 0 Å². The number of hydrogen-bond donors (Lipinski definition) is 2. The molecule has 0 fully saturated rings. The topological polar surface area (TPSA) is 76.7 Å². The van der Waals surface area contributed by atoms with E-state index in [-0.39, 0.29) is 31.6 Å². The van der Waals surface area contributed by atoms with Crippen molar-refractivity contribution in [2.45, 2.75) is 12.8 Å². The molecule has 0 spiro atoms. The first kappa shape index (κ1) is 18.1. The van der Waals surface area contributed by atoms with Crippen LogP contribution in [0.4, 0.5) is 0 Å². The fourth-order valence-electron chi connectivity index (χ4n) is 2.56. The van der Waals surface area contributed by atoms with Crippen molar-refractivity contribution in [2.24, 2.45) is 0 Å². The second-order valence-electron chi connectivity index (χ2n) is 5.77. The Morgan fingerprint density at radius 1 is 1.00 bits per heavy atom. The molecule has 2 amide bonds. The lowest BCUT2D eigenvalue weighted by Gasteiger charge is -2.08. The van der Waals surface area contributed by atoms with Crippen molar-refractivity contribution in [1.29, 1.82) is 0 Å². The van der Waals surface area contributed by atoms with E-state index in [4.69, 9.17) is 21.1 Å². The molecule has 0 saturated carbocycles.